The second-order valence-electron chi connectivity index (χ2n) is 5.23. The Morgan fingerprint density at radius 3 is 2.84 bits per heavy atom. The SMILES string of the molecule is CC1(c2cncn2-c2ccc(Cl)c(Cl)c2)CCNC1. The molecule has 0 amide bonds. The summed E-state index contributed by atoms with van der Waals surface area (Å²) in [6, 6.07) is 5.66. The lowest BCUT2D eigenvalue weighted by molar-refractivity contribution is 0.499. The van der Waals surface area contributed by atoms with E-state index in [1.54, 1.807) is 0 Å². The predicted octanol–water partition coefficient (Wildman–Crippen LogP) is 3.43. The van der Waals surface area contributed by atoms with Crippen LogP contribution in [0.25, 0.3) is 5.69 Å². The first-order valence-corrected chi connectivity index (χ1v) is 7.05. The number of rotatable bonds is 2. The molecule has 3 nitrogen and oxygen atoms in total. The van der Waals surface area contributed by atoms with Gasteiger partial charge >= 0.3 is 0 Å². The van der Waals surface area contributed by atoms with Gasteiger partial charge in [0, 0.05) is 29.5 Å². The summed E-state index contributed by atoms with van der Waals surface area (Å²) >= 11 is 12.1. The van der Waals surface area contributed by atoms with Gasteiger partial charge in [-0.1, -0.05) is 30.1 Å². The Hall–Kier alpha value is -1.03. The summed E-state index contributed by atoms with van der Waals surface area (Å²) in [7, 11) is 0. The first-order valence-electron chi connectivity index (χ1n) is 6.29. The number of nitrogens with one attached hydrogen (secondary N) is 1. The first kappa shape index (κ1) is 13.0. The van der Waals surface area contributed by atoms with Crippen LogP contribution in [0.1, 0.15) is 19.0 Å². The van der Waals surface area contributed by atoms with Gasteiger partial charge in [-0.05, 0) is 31.2 Å². The fourth-order valence-electron chi connectivity index (χ4n) is 2.62. The van der Waals surface area contributed by atoms with E-state index in [4.69, 9.17) is 23.2 Å². The maximum Gasteiger partial charge on any atom is 0.0994 e. The quantitative estimate of drug-likeness (QED) is 0.920. The number of imidazole rings is 1. The van der Waals surface area contributed by atoms with E-state index in [0.717, 1.165) is 25.2 Å². The topological polar surface area (TPSA) is 29.9 Å². The standard InChI is InChI=1S/C14H15Cl2N3/c1-14(4-5-17-8-14)13-7-18-9-19(13)10-2-3-11(15)12(16)6-10/h2-3,6-7,9,17H,4-5,8H2,1H3. The van der Waals surface area contributed by atoms with Gasteiger partial charge in [0.05, 0.1) is 16.4 Å². The highest BCUT2D eigenvalue weighted by atomic mass is 35.5. The minimum Gasteiger partial charge on any atom is -0.316 e. The smallest absolute Gasteiger partial charge is 0.0994 e. The molecule has 1 unspecified atom stereocenters. The molecule has 0 bridgehead atoms. The molecule has 0 spiro atoms. The second-order valence-corrected chi connectivity index (χ2v) is 6.05. The van der Waals surface area contributed by atoms with Gasteiger partial charge in [-0.15, -0.1) is 0 Å². The summed E-state index contributed by atoms with van der Waals surface area (Å²) in [5.74, 6) is 0. The molecule has 1 aromatic carbocycles. The third kappa shape index (κ3) is 2.27. The van der Waals surface area contributed by atoms with Crippen molar-refractivity contribution in [3.63, 3.8) is 0 Å². The highest BCUT2D eigenvalue weighted by Gasteiger charge is 2.33. The summed E-state index contributed by atoms with van der Waals surface area (Å²) in [6.45, 7) is 4.28. The van der Waals surface area contributed by atoms with E-state index in [1.807, 2.05) is 30.7 Å². The highest BCUT2D eigenvalue weighted by Crippen LogP contribution is 2.32. The van der Waals surface area contributed by atoms with Crippen LogP contribution in [0.5, 0.6) is 0 Å². The van der Waals surface area contributed by atoms with Crippen molar-refractivity contribution in [3.8, 4) is 5.69 Å². The number of hydrogen-bond acceptors (Lipinski definition) is 2. The summed E-state index contributed by atoms with van der Waals surface area (Å²) in [4.78, 5) is 4.30. The van der Waals surface area contributed by atoms with Crippen LogP contribution in [0.3, 0.4) is 0 Å². The van der Waals surface area contributed by atoms with E-state index >= 15 is 0 Å². The highest BCUT2D eigenvalue weighted by molar-refractivity contribution is 6.42. The molecule has 0 radical (unpaired) electrons. The van der Waals surface area contributed by atoms with E-state index in [2.05, 4.69) is 21.8 Å². The van der Waals surface area contributed by atoms with Crippen molar-refractivity contribution < 1.29 is 0 Å². The summed E-state index contributed by atoms with van der Waals surface area (Å²) in [5, 5.41) is 4.55. The lowest BCUT2D eigenvalue weighted by Gasteiger charge is -2.24. The molecule has 1 fully saturated rings. The van der Waals surface area contributed by atoms with Gasteiger partial charge in [0.2, 0.25) is 0 Å². The van der Waals surface area contributed by atoms with Gasteiger partial charge < -0.3 is 9.88 Å². The molecule has 1 aliphatic rings. The third-order valence-electron chi connectivity index (χ3n) is 3.81. The van der Waals surface area contributed by atoms with E-state index in [1.165, 1.54) is 5.69 Å². The van der Waals surface area contributed by atoms with Crippen LogP contribution in [0, 0.1) is 0 Å². The third-order valence-corrected chi connectivity index (χ3v) is 4.55. The molecular weight excluding hydrogens is 281 g/mol. The fourth-order valence-corrected chi connectivity index (χ4v) is 2.91. The van der Waals surface area contributed by atoms with E-state index < -0.39 is 0 Å². The van der Waals surface area contributed by atoms with Gasteiger partial charge in [-0.25, -0.2) is 4.98 Å². The second kappa shape index (κ2) is 4.82. The molecule has 1 aliphatic heterocycles. The Balaban J connectivity index is 2.06. The summed E-state index contributed by atoms with van der Waals surface area (Å²) in [5.41, 5.74) is 2.31. The Morgan fingerprint density at radius 2 is 2.16 bits per heavy atom. The van der Waals surface area contributed by atoms with Crippen molar-refractivity contribution in [3.05, 3.63) is 46.5 Å². The lowest BCUT2D eigenvalue weighted by atomic mass is 9.86. The van der Waals surface area contributed by atoms with E-state index in [-0.39, 0.29) is 5.41 Å². The van der Waals surface area contributed by atoms with Crippen molar-refractivity contribution in [1.29, 1.82) is 0 Å². The van der Waals surface area contributed by atoms with Crippen LogP contribution < -0.4 is 5.32 Å². The predicted molar refractivity (Wildman–Crippen MR) is 78.4 cm³/mol. The summed E-state index contributed by atoms with van der Waals surface area (Å²) in [6.07, 6.45) is 4.88. The van der Waals surface area contributed by atoms with Crippen LogP contribution in [0.15, 0.2) is 30.7 Å². The molecule has 2 heterocycles. The van der Waals surface area contributed by atoms with Gasteiger partial charge in [0.25, 0.3) is 0 Å². The van der Waals surface area contributed by atoms with Crippen LogP contribution >= 0.6 is 23.2 Å². The molecule has 19 heavy (non-hydrogen) atoms. The zero-order valence-electron chi connectivity index (χ0n) is 10.7. The Morgan fingerprint density at radius 1 is 1.32 bits per heavy atom. The van der Waals surface area contributed by atoms with Gasteiger partial charge in [0.15, 0.2) is 0 Å². The molecule has 0 aliphatic carbocycles. The van der Waals surface area contributed by atoms with Crippen molar-refractivity contribution in [2.45, 2.75) is 18.8 Å². The molecule has 3 rings (SSSR count). The minimum atomic E-state index is 0.114. The van der Waals surface area contributed by atoms with Crippen molar-refractivity contribution in [2.75, 3.05) is 13.1 Å². The zero-order valence-corrected chi connectivity index (χ0v) is 12.2. The molecule has 100 valence electrons. The monoisotopic (exact) mass is 295 g/mol. The largest absolute Gasteiger partial charge is 0.316 e. The number of nitrogens with zero attached hydrogens (tertiary/aromatic N) is 2. The van der Waals surface area contributed by atoms with Crippen molar-refractivity contribution in [1.82, 2.24) is 14.9 Å². The molecule has 0 saturated carbocycles. The van der Waals surface area contributed by atoms with Crippen LogP contribution in [-0.2, 0) is 5.41 Å². The molecule has 5 heteroatoms. The Bertz CT molecular complexity index is 600. The Kier molecular flexibility index (Phi) is 3.29. The molecular formula is C14H15Cl2N3. The number of halogens is 2. The average Bonchev–Trinajstić information content (AvgIpc) is 3.02. The summed E-state index contributed by atoms with van der Waals surface area (Å²) < 4.78 is 2.09. The van der Waals surface area contributed by atoms with Crippen LogP contribution in [0.2, 0.25) is 10.0 Å². The van der Waals surface area contributed by atoms with Crippen LogP contribution in [-0.4, -0.2) is 22.6 Å². The maximum absolute atomic E-state index is 6.10. The molecule has 1 atom stereocenters. The van der Waals surface area contributed by atoms with Gasteiger partial charge in [-0.2, -0.15) is 0 Å². The van der Waals surface area contributed by atoms with Crippen LogP contribution in [0.4, 0.5) is 0 Å². The fraction of sp³-hybridized carbons (Fsp3) is 0.357. The molecule has 1 aromatic heterocycles. The van der Waals surface area contributed by atoms with Crippen molar-refractivity contribution >= 4 is 23.2 Å². The van der Waals surface area contributed by atoms with E-state index in [0.29, 0.717) is 10.0 Å². The molecule has 1 N–H and O–H groups in total. The number of benzene rings is 1. The van der Waals surface area contributed by atoms with Gasteiger partial charge in [0.1, 0.15) is 0 Å². The molecule has 1 saturated heterocycles. The van der Waals surface area contributed by atoms with E-state index in [9.17, 15) is 0 Å². The number of hydrogen-bond donors (Lipinski definition) is 1. The maximum atomic E-state index is 6.10. The normalized spacial score (nSPS) is 22.9. The average molecular weight is 296 g/mol. The first-order chi connectivity index (χ1) is 9.10. The van der Waals surface area contributed by atoms with Crippen molar-refractivity contribution in [2.24, 2.45) is 0 Å². The zero-order chi connectivity index (χ0) is 13.5. The van der Waals surface area contributed by atoms with Gasteiger partial charge in [-0.3, -0.25) is 0 Å². The Labute approximate surface area is 122 Å². The minimum absolute atomic E-state index is 0.114. The lowest BCUT2D eigenvalue weighted by Crippen LogP contribution is -2.27. The number of aromatic nitrogens is 2. The molecule has 2 aromatic rings.